The zero-order valence-corrected chi connectivity index (χ0v) is 12.3. The molecule has 3 N–H and O–H groups in total. The predicted molar refractivity (Wildman–Crippen MR) is 86.6 cm³/mol. The second kappa shape index (κ2) is 5.47. The lowest BCUT2D eigenvalue weighted by atomic mass is 10.0. The van der Waals surface area contributed by atoms with Crippen molar-refractivity contribution in [3.05, 3.63) is 52.2 Å². The molecule has 0 amide bonds. The molecule has 112 valence electrons. The number of hydrogen-bond acceptors (Lipinski definition) is 5. The van der Waals surface area contributed by atoms with Crippen LogP contribution in [0.2, 0.25) is 0 Å². The molecule has 0 fully saturated rings. The van der Waals surface area contributed by atoms with Gasteiger partial charge >= 0.3 is 5.97 Å². The average molecular weight is 315 g/mol. The summed E-state index contributed by atoms with van der Waals surface area (Å²) in [6, 6.07) is 9.24. The number of carboxylic acids is 1. The quantitative estimate of drug-likeness (QED) is 0.509. The van der Waals surface area contributed by atoms with E-state index in [1.54, 1.807) is 36.4 Å². The molecule has 1 aromatic heterocycles. The van der Waals surface area contributed by atoms with Gasteiger partial charge in [-0.25, -0.2) is 0 Å². The molecule has 0 saturated heterocycles. The lowest BCUT2D eigenvalue weighted by Crippen LogP contribution is -2.32. The van der Waals surface area contributed by atoms with Crippen LogP contribution in [0, 0.1) is 0 Å². The minimum absolute atomic E-state index is 0.134. The smallest absolute Gasteiger partial charge is 0.320 e. The molecule has 22 heavy (non-hydrogen) atoms. The normalized spacial score (nSPS) is 12.6. The summed E-state index contributed by atoms with van der Waals surface area (Å²) in [6.45, 7) is 0. The summed E-state index contributed by atoms with van der Waals surface area (Å²) in [6.07, 6.45) is 0.134. The molecular formula is C16H13NO4S. The lowest BCUT2D eigenvalue weighted by molar-refractivity contribution is -0.138. The van der Waals surface area contributed by atoms with Crippen LogP contribution in [0.5, 0.6) is 0 Å². The van der Waals surface area contributed by atoms with Crippen molar-refractivity contribution in [2.75, 3.05) is 0 Å². The van der Waals surface area contributed by atoms with E-state index in [1.165, 1.54) is 0 Å². The molecule has 2 aromatic carbocycles. The van der Waals surface area contributed by atoms with Gasteiger partial charge in [-0.2, -0.15) is 0 Å². The second-order valence-corrected chi connectivity index (χ2v) is 5.55. The van der Waals surface area contributed by atoms with Crippen LogP contribution in [-0.2, 0) is 11.2 Å². The van der Waals surface area contributed by atoms with Gasteiger partial charge in [-0.1, -0.05) is 12.1 Å². The van der Waals surface area contributed by atoms with Gasteiger partial charge in [-0.05, 0) is 36.2 Å². The number of hydrogen-bond donors (Lipinski definition) is 3. The van der Waals surface area contributed by atoms with Gasteiger partial charge in [0.2, 0.25) is 5.43 Å². The van der Waals surface area contributed by atoms with E-state index in [0.29, 0.717) is 32.4 Å². The van der Waals surface area contributed by atoms with Crippen molar-refractivity contribution in [2.24, 2.45) is 5.73 Å². The van der Waals surface area contributed by atoms with E-state index >= 15 is 0 Å². The van der Waals surface area contributed by atoms with Crippen LogP contribution < -0.4 is 11.2 Å². The summed E-state index contributed by atoms with van der Waals surface area (Å²) in [5.41, 5.74) is 6.91. The number of nitrogens with two attached hydrogens (primary N) is 1. The third kappa shape index (κ3) is 2.47. The highest BCUT2D eigenvalue weighted by Gasteiger charge is 2.16. The maximum atomic E-state index is 12.5. The summed E-state index contributed by atoms with van der Waals surface area (Å²) in [7, 11) is 0. The summed E-state index contributed by atoms with van der Waals surface area (Å²) in [5, 5.41) is 9.76. The minimum atomic E-state index is -1.08. The Bertz CT molecular complexity index is 948. The lowest BCUT2D eigenvalue weighted by Gasteiger charge is -2.09. The van der Waals surface area contributed by atoms with Gasteiger partial charge < -0.3 is 15.3 Å². The third-order valence-corrected chi connectivity index (χ3v) is 3.85. The Morgan fingerprint density at radius 1 is 1.27 bits per heavy atom. The van der Waals surface area contributed by atoms with Crippen LogP contribution in [0.15, 0.2) is 50.5 Å². The molecule has 3 aromatic rings. The van der Waals surface area contributed by atoms with Crippen molar-refractivity contribution in [3.8, 4) is 0 Å². The zero-order valence-electron chi connectivity index (χ0n) is 11.4. The molecule has 0 saturated carbocycles. The van der Waals surface area contributed by atoms with E-state index in [2.05, 4.69) is 12.6 Å². The second-order valence-electron chi connectivity index (χ2n) is 5.06. The van der Waals surface area contributed by atoms with Crippen molar-refractivity contribution in [2.45, 2.75) is 17.4 Å². The average Bonchev–Trinajstić information content (AvgIpc) is 2.46. The number of thiol groups is 1. The Labute approximate surface area is 130 Å². The maximum absolute atomic E-state index is 12.5. The Morgan fingerprint density at radius 3 is 2.73 bits per heavy atom. The molecule has 0 radical (unpaired) electrons. The van der Waals surface area contributed by atoms with E-state index in [9.17, 15) is 9.59 Å². The number of fused-ring (bicyclic) bond motifs is 2. The molecule has 0 spiro atoms. The highest BCUT2D eigenvalue weighted by Crippen LogP contribution is 2.25. The molecule has 0 aliphatic carbocycles. The van der Waals surface area contributed by atoms with Gasteiger partial charge in [0.25, 0.3) is 0 Å². The molecular weight excluding hydrogens is 302 g/mol. The number of benzene rings is 2. The van der Waals surface area contributed by atoms with Crippen LogP contribution >= 0.6 is 12.6 Å². The summed E-state index contributed by atoms with van der Waals surface area (Å²) in [5.74, 6) is -1.08. The largest absolute Gasteiger partial charge is 0.480 e. The Kier molecular flexibility index (Phi) is 3.64. The van der Waals surface area contributed by atoms with Crippen molar-refractivity contribution < 1.29 is 14.3 Å². The highest BCUT2D eigenvalue weighted by atomic mass is 32.1. The first-order valence-corrected chi connectivity index (χ1v) is 7.08. The van der Waals surface area contributed by atoms with Crippen LogP contribution in [0.3, 0.4) is 0 Å². The SMILES string of the molecule is NC(Cc1cc(S)c2c(=O)c3ccccc3oc2c1)C(=O)O. The number of carboxylic acid groups (broad SMARTS) is 1. The van der Waals surface area contributed by atoms with Gasteiger partial charge in [-0.3, -0.25) is 9.59 Å². The predicted octanol–water partition coefficient (Wildman–Crippen LogP) is 2.19. The van der Waals surface area contributed by atoms with E-state index in [1.807, 2.05) is 0 Å². The van der Waals surface area contributed by atoms with Gasteiger partial charge in [0.1, 0.15) is 17.2 Å². The Hall–Kier alpha value is -2.31. The van der Waals surface area contributed by atoms with Crippen molar-refractivity contribution in [1.29, 1.82) is 0 Å². The topological polar surface area (TPSA) is 93.5 Å². The molecule has 3 rings (SSSR count). The number of para-hydroxylation sites is 1. The van der Waals surface area contributed by atoms with Crippen LogP contribution in [0.1, 0.15) is 5.56 Å². The van der Waals surface area contributed by atoms with E-state index < -0.39 is 12.0 Å². The Morgan fingerprint density at radius 2 is 2.00 bits per heavy atom. The fourth-order valence-electron chi connectivity index (χ4n) is 2.42. The van der Waals surface area contributed by atoms with E-state index in [-0.39, 0.29) is 11.8 Å². The fourth-order valence-corrected chi connectivity index (χ4v) is 2.80. The Balaban J connectivity index is 2.24. The molecule has 1 unspecified atom stereocenters. The van der Waals surface area contributed by atoms with Crippen molar-refractivity contribution in [1.82, 2.24) is 0 Å². The molecule has 6 heteroatoms. The summed E-state index contributed by atoms with van der Waals surface area (Å²) >= 11 is 4.34. The monoisotopic (exact) mass is 315 g/mol. The number of aliphatic carboxylic acids is 1. The number of carbonyl (C=O) groups is 1. The van der Waals surface area contributed by atoms with Crippen LogP contribution in [0.4, 0.5) is 0 Å². The van der Waals surface area contributed by atoms with Crippen LogP contribution in [-0.4, -0.2) is 17.1 Å². The molecule has 0 bridgehead atoms. The summed E-state index contributed by atoms with van der Waals surface area (Å²) in [4.78, 5) is 23.8. The first kappa shape index (κ1) is 14.6. The molecule has 5 nitrogen and oxygen atoms in total. The molecule has 0 aliphatic rings. The summed E-state index contributed by atoms with van der Waals surface area (Å²) < 4.78 is 5.75. The molecule has 1 atom stereocenters. The maximum Gasteiger partial charge on any atom is 0.320 e. The van der Waals surface area contributed by atoms with Crippen molar-refractivity contribution in [3.63, 3.8) is 0 Å². The highest BCUT2D eigenvalue weighted by molar-refractivity contribution is 7.80. The van der Waals surface area contributed by atoms with E-state index in [0.717, 1.165) is 0 Å². The first-order valence-electron chi connectivity index (χ1n) is 6.63. The third-order valence-electron chi connectivity index (χ3n) is 3.49. The van der Waals surface area contributed by atoms with Crippen LogP contribution in [0.25, 0.3) is 21.9 Å². The van der Waals surface area contributed by atoms with E-state index in [4.69, 9.17) is 15.3 Å². The molecule has 1 heterocycles. The molecule has 0 aliphatic heterocycles. The zero-order chi connectivity index (χ0) is 15.9. The van der Waals surface area contributed by atoms with Gasteiger partial charge in [0, 0.05) is 4.90 Å². The van der Waals surface area contributed by atoms with Gasteiger partial charge in [0.15, 0.2) is 0 Å². The number of rotatable bonds is 3. The first-order chi connectivity index (χ1) is 10.5. The van der Waals surface area contributed by atoms with Crippen molar-refractivity contribution >= 4 is 40.5 Å². The fraction of sp³-hybridized carbons (Fsp3) is 0.125. The van der Waals surface area contributed by atoms with Gasteiger partial charge in [0.05, 0.1) is 10.8 Å². The standard InChI is InChI=1S/C16H13NO4S/c17-10(16(19)20)5-8-6-12-14(13(22)7-8)15(18)9-3-1-2-4-11(9)21-12/h1-4,6-7,10,22H,5,17H2,(H,19,20). The minimum Gasteiger partial charge on any atom is -0.480 e. The van der Waals surface area contributed by atoms with Gasteiger partial charge in [-0.15, -0.1) is 12.6 Å².